The van der Waals surface area contributed by atoms with Gasteiger partial charge in [-0.25, -0.2) is 4.79 Å². The minimum Gasteiger partial charge on any atom is -0.497 e. The summed E-state index contributed by atoms with van der Waals surface area (Å²) in [5.74, 6) is 0.708. The lowest BCUT2D eigenvalue weighted by Crippen LogP contribution is -2.11. The fourth-order valence-electron chi connectivity index (χ4n) is 1.97. The SMILES string of the molecule is COc1ccc(Nc2nc(Cl)nc(Nc3[nH]c(=O)n(C)c3O)n2)cc1. The first-order valence-electron chi connectivity index (χ1n) is 7.04. The fraction of sp³-hybridized carbons (Fsp3) is 0.143. The van der Waals surface area contributed by atoms with E-state index < -0.39 is 5.69 Å². The van der Waals surface area contributed by atoms with E-state index >= 15 is 0 Å². The van der Waals surface area contributed by atoms with Crippen LogP contribution in [0.3, 0.4) is 0 Å². The van der Waals surface area contributed by atoms with E-state index in [0.717, 1.165) is 4.57 Å². The molecule has 11 heteroatoms. The Labute approximate surface area is 146 Å². The van der Waals surface area contributed by atoms with Crippen molar-refractivity contribution in [1.29, 1.82) is 0 Å². The summed E-state index contributed by atoms with van der Waals surface area (Å²) in [6.45, 7) is 0. The first-order valence-corrected chi connectivity index (χ1v) is 7.41. The number of nitrogens with one attached hydrogen (secondary N) is 3. The molecular weight excluding hydrogens is 350 g/mol. The molecule has 130 valence electrons. The number of aromatic amines is 1. The van der Waals surface area contributed by atoms with Gasteiger partial charge in [-0.1, -0.05) is 0 Å². The predicted molar refractivity (Wildman–Crippen MR) is 92.1 cm³/mol. The third kappa shape index (κ3) is 3.63. The molecule has 0 saturated heterocycles. The van der Waals surface area contributed by atoms with Gasteiger partial charge in [-0.05, 0) is 35.9 Å². The molecule has 0 aliphatic rings. The predicted octanol–water partition coefficient (Wildman–Crippen LogP) is 1.75. The monoisotopic (exact) mass is 363 g/mol. The number of benzene rings is 1. The lowest BCUT2D eigenvalue weighted by Gasteiger charge is -2.08. The van der Waals surface area contributed by atoms with Crippen molar-refractivity contribution in [3.8, 4) is 11.6 Å². The number of hydrogen-bond donors (Lipinski definition) is 4. The molecule has 0 amide bonds. The largest absolute Gasteiger partial charge is 0.497 e. The number of rotatable bonds is 5. The lowest BCUT2D eigenvalue weighted by atomic mass is 10.3. The number of H-pyrrole nitrogens is 1. The van der Waals surface area contributed by atoms with E-state index in [9.17, 15) is 9.90 Å². The number of ether oxygens (including phenoxy) is 1. The fourth-order valence-corrected chi connectivity index (χ4v) is 2.13. The zero-order valence-electron chi connectivity index (χ0n) is 13.2. The normalized spacial score (nSPS) is 10.5. The van der Waals surface area contributed by atoms with Crippen LogP contribution >= 0.6 is 11.6 Å². The third-order valence-corrected chi connectivity index (χ3v) is 3.44. The van der Waals surface area contributed by atoms with E-state index in [1.165, 1.54) is 7.05 Å². The molecule has 0 fully saturated rings. The maximum atomic E-state index is 11.5. The van der Waals surface area contributed by atoms with Crippen molar-refractivity contribution >= 4 is 35.0 Å². The topological polar surface area (TPSA) is 130 Å². The number of hydrogen-bond acceptors (Lipinski definition) is 8. The van der Waals surface area contributed by atoms with Gasteiger partial charge in [0.25, 0.3) is 0 Å². The Balaban J connectivity index is 1.84. The van der Waals surface area contributed by atoms with Gasteiger partial charge in [-0.2, -0.15) is 15.0 Å². The minimum atomic E-state index is -0.489. The Hall–Kier alpha value is -3.27. The molecule has 10 nitrogen and oxygen atoms in total. The molecule has 0 aliphatic carbocycles. The summed E-state index contributed by atoms with van der Waals surface area (Å²) in [5, 5.41) is 15.4. The average molecular weight is 364 g/mol. The van der Waals surface area contributed by atoms with Crippen LogP contribution in [0.2, 0.25) is 5.28 Å². The second-order valence-corrected chi connectivity index (χ2v) is 5.26. The highest BCUT2D eigenvalue weighted by molar-refractivity contribution is 6.28. The van der Waals surface area contributed by atoms with E-state index in [4.69, 9.17) is 16.3 Å². The number of aromatic hydroxyl groups is 1. The number of halogens is 1. The van der Waals surface area contributed by atoms with Crippen LogP contribution in [0, 0.1) is 0 Å². The summed E-state index contributed by atoms with van der Waals surface area (Å²) in [4.78, 5) is 25.9. The van der Waals surface area contributed by atoms with Gasteiger partial charge in [0.15, 0.2) is 5.82 Å². The van der Waals surface area contributed by atoms with Crippen molar-refractivity contribution in [2.75, 3.05) is 17.7 Å². The molecule has 0 unspecified atom stereocenters. The first kappa shape index (κ1) is 16.6. The number of aromatic nitrogens is 5. The quantitative estimate of drug-likeness (QED) is 0.539. The summed E-state index contributed by atoms with van der Waals surface area (Å²) in [6.07, 6.45) is 0. The van der Waals surface area contributed by atoms with E-state index in [-0.39, 0.29) is 28.9 Å². The second-order valence-electron chi connectivity index (χ2n) is 4.92. The number of anilines is 4. The van der Waals surface area contributed by atoms with Gasteiger partial charge in [0.2, 0.25) is 23.1 Å². The van der Waals surface area contributed by atoms with E-state index in [0.29, 0.717) is 11.4 Å². The standard InChI is InChI=1S/C14H14ClN7O3/c1-22-10(23)9(18-14(22)24)17-13-20-11(15)19-12(21-13)16-7-3-5-8(25-2)6-4-7/h3-6,23H,1-2H3,(H,18,24)(H2,16,17,19,20,21). The molecule has 25 heavy (non-hydrogen) atoms. The van der Waals surface area contributed by atoms with Crippen LogP contribution in [0.15, 0.2) is 29.1 Å². The van der Waals surface area contributed by atoms with Crippen molar-refractivity contribution in [2.24, 2.45) is 7.05 Å². The summed E-state index contributed by atoms with van der Waals surface area (Å²) in [7, 11) is 2.99. The van der Waals surface area contributed by atoms with Crippen LogP contribution in [0.1, 0.15) is 0 Å². The molecule has 0 saturated carbocycles. The van der Waals surface area contributed by atoms with Gasteiger partial charge < -0.3 is 20.5 Å². The van der Waals surface area contributed by atoms with Gasteiger partial charge >= 0.3 is 5.69 Å². The Bertz CT molecular complexity index is 952. The molecule has 1 aromatic carbocycles. The molecule has 2 aromatic heterocycles. The van der Waals surface area contributed by atoms with Crippen molar-refractivity contribution in [3.05, 3.63) is 40.0 Å². The second kappa shape index (κ2) is 6.69. The maximum Gasteiger partial charge on any atom is 0.329 e. The summed E-state index contributed by atoms with van der Waals surface area (Å²) < 4.78 is 6.12. The highest BCUT2D eigenvalue weighted by Crippen LogP contribution is 2.23. The molecular formula is C14H14ClN7O3. The molecule has 0 spiro atoms. The van der Waals surface area contributed by atoms with Crippen LogP contribution in [0.25, 0.3) is 0 Å². The average Bonchev–Trinajstić information content (AvgIpc) is 2.82. The molecule has 0 radical (unpaired) electrons. The van der Waals surface area contributed by atoms with Crippen molar-refractivity contribution in [2.45, 2.75) is 0 Å². The lowest BCUT2D eigenvalue weighted by molar-refractivity contribution is 0.415. The summed E-state index contributed by atoms with van der Waals surface area (Å²) in [6, 6.07) is 7.11. The summed E-state index contributed by atoms with van der Waals surface area (Å²) in [5.41, 5.74) is 0.224. The Morgan fingerprint density at radius 3 is 2.36 bits per heavy atom. The van der Waals surface area contributed by atoms with Crippen LogP contribution < -0.4 is 21.1 Å². The van der Waals surface area contributed by atoms with Crippen molar-refractivity contribution < 1.29 is 9.84 Å². The van der Waals surface area contributed by atoms with Gasteiger partial charge in [0, 0.05) is 12.7 Å². The third-order valence-electron chi connectivity index (χ3n) is 3.27. The van der Waals surface area contributed by atoms with Gasteiger partial charge in [0.1, 0.15) is 5.75 Å². The zero-order chi connectivity index (χ0) is 18.0. The smallest absolute Gasteiger partial charge is 0.329 e. The Morgan fingerprint density at radius 1 is 1.16 bits per heavy atom. The Kier molecular flexibility index (Phi) is 4.44. The molecule has 3 rings (SSSR count). The number of nitrogens with zero attached hydrogens (tertiary/aromatic N) is 4. The molecule has 4 N–H and O–H groups in total. The molecule has 0 aliphatic heterocycles. The first-order chi connectivity index (χ1) is 12.0. The highest BCUT2D eigenvalue weighted by atomic mass is 35.5. The maximum absolute atomic E-state index is 11.5. The van der Waals surface area contributed by atoms with Crippen LogP contribution in [0.5, 0.6) is 11.6 Å². The molecule has 3 aromatic rings. The van der Waals surface area contributed by atoms with Crippen molar-refractivity contribution in [1.82, 2.24) is 24.5 Å². The van der Waals surface area contributed by atoms with Crippen LogP contribution in [-0.2, 0) is 7.05 Å². The number of methoxy groups -OCH3 is 1. The molecule has 2 heterocycles. The van der Waals surface area contributed by atoms with Gasteiger partial charge in [-0.3, -0.25) is 9.55 Å². The van der Waals surface area contributed by atoms with Crippen LogP contribution in [0.4, 0.5) is 23.4 Å². The van der Waals surface area contributed by atoms with E-state index in [1.807, 2.05) is 0 Å². The highest BCUT2D eigenvalue weighted by Gasteiger charge is 2.13. The number of imidazole rings is 1. The zero-order valence-corrected chi connectivity index (χ0v) is 14.0. The summed E-state index contributed by atoms with van der Waals surface area (Å²) >= 11 is 5.90. The molecule has 0 atom stereocenters. The molecule has 0 bridgehead atoms. The minimum absolute atomic E-state index is 0.0464. The van der Waals surface area contributed by atoms with Gasteiger partial charge in [0.05, 0.1) is 7.11 Å². The Morgan fingerprint density at radius 2 is 1.80 bits per heavy atom. The van der Waals surface area contributed by atoms with Crippen molar-refractivity contribution in [3.63, 3.8) is 0 Å². The van der Waals surface area contributed by atoms with Gasteiger partial charge in [-0.15, -0.1) is 0 Å². The van der Waals surface area contributed by atoms with Crippen LogP contribution in [-0.4, -0.2) is 36.7 Å². The van der Waals surface area contributed by atoms with E-state index in [2.05, 4.69) is 30.6 Å². The van der Waals surface area contributed by atoms with E-state index in [1.54, 1.807) is 31.4 Å².